The van der Waals surface area contributed by atoms with Crippen LogP contribution in [0.15, 0.2) is 48.5 Å². The summed E-state index contributed by atoms with van der Waals surface area (Å²) in [4.78, 5) is 12.6. The van der Waals surface area contributed by atoms with Crippen molar-refractivity contribution >= 4 is 6.09 Å². The normalized spacial score (nSPS) is 29.5. The monoisotopic (exact) mass is 412 g/mol. The van der Waals surface area contributed by atoms with E-state index in [-0.39, 0.29) is 17.9 Å². The third-order valence-corrected chi connectivity index (χ3v) is 6.01. The third kappa shape index (κ3) is 3.18. The minimum atomic E-state index is -1.72. The number of hydrogen-bond donors (Lipinski definition) is 2. The molecule has 7 heteroatoms. The predicted molar refractivity (Wildman–Crippen MR) is 108 cm³/mol. The van der Waals surface area contributed by atoms with Gasteiger partial charge in [0, 0.05) is 11.3 Å². The topological polar surface area (TPSA) is 86.3 Å². The molecule has 0 spiro atoms. The van der Waals surface area contributed by atoms with Crippen LogP contribution >= 0.6 is 0 Å². The highest BCUT2D eigenvalue weighted by molar-refractivity contribution is 5.79. The van der Waals surface area contributed by atoms with Gasteiger partial charge in [-0.2, -0.15) is 0 Å². The van der Waals surface area contributed by atoms with Gasteiger partial charge in [-0.15, -0.1) is 0 Å². The fraction of sp³-hybridized carbons (Fsp3) is 0.435. The molecule has 1 unspecified atom stereocenters. The standard InChI is InChI=1S/C23H25NO6/c1-22-12-28-23(29-13-22,30-14-22)20(10-25)24-21(26)27-11-19-17-8-4-2-6-15(17)16-7-3-5-9-18(16)19/h2-9,19-20,25H,10-14H2,1H3,(H,24,26)/t20-,22?,23?/m0/s1/i10D/t10?,20-,22?,23?. The highest BCUT2D eigenvalue weighted by Gasteiger charge is 2.55. The Labute approximate surface area is 176 Å². The number of carbonyl (C=O) groups is 1. The summed E-state index contributed by atoms with van der Waals surface area (Å²) in [5, 5.41) is 12.5. The van der Waals surface area contributed by atoms with E-state index in [2.05, 4.69) is 17.4 Å². The van der Waals surface area contributed by atoms with E-state index < -0.39 is 24.7 Å². The van der Waals surface area contributed by atoms with Crippen LogP contribution in [0, 0.1) is 5.41 Å². The van der Waals surface area contributed by atoms with Crippen LogP contribution in [0.1, 0.15) is 25.3 Å². The molecule has 158 valence electrons. The number of alkyl carbamates (subject to hydrolysis) is 1. The number of ether oxygens (including phenoxy) is 4. The third-order valence-electron chi connectivity index (χ3n) is 6.01. The number of aliphatic hydroxyl groups is 1. The highest BCUT2D eigenvalue weighted by Crippen LogP contribution is 2.44. The summed E-state index contributed by atoms with van der Waals surface area (Å²) in [6.07, 6.45) is -0.776. The van der Waals surface area contributed by atoms with Gasteiger partial charge in [-0.05, 0) is 22.3 Å². The van der Waals surface area contributed by atoms with E-state index in [1.54, 1.807) is 0 Å². The average Bonchev–Trinajstić information content (AvgIpc) is 3.10. The van der Waals surface area contributed by atoms with Gasteiger partial charge in [0.25, 0.3) is 0 Å². The highest BCUT2D eigenvalue weighted by atomic mass is 16.9. The molecule has 7 nitrogen and oxygen atoms in total. The lowest BCUT2D eigenvalue weighted by Crippen LogP contribution is -2.68. The zero-order chi connectivity index (χ0) is 21.6. The van der Waals surface area contributed by atoms with Gasteiger partial charge in [-0.1, -0.05) is 55.5 Å². The van der Waals surface area contributed by atoms with Gasteiger partial charge in [0.2, 0.25) is 0 Å². The van der Waals surface area contributed by atoms with Crippen molar-refractivity contribution in [3.63, 3.8) is 0 Å². The molecule has 2 aromatic carbocycles. The first-order valence-corrected chi connectivity index (χ1v) is 10.0. The Hall–Kier alpha value is -2.45. The number of benzene rings is 2. The molecule has 0 aromatic heterocycles. The maximum absolute atomic E-state index is 12.6. The van der Waals surface area contributed by atoms with E-state index in [4.69, 9.17) is 20.3 Å². The van der Waals surface area contributed by atoms with Crippen LogP contribution in [-0.4, -0.2) is 56.2 Å². The average molecular weight is 412 g/mol. The first-order valence-electron chi connectivity index (χ1n) is 10.6. The number of nitrogens with one attached hydrogen (secondary N) is 1. The molecule has 30 heavy (non-hydrogen) atoms. The van der Waals surface area contributed by atoms with Gasteiger partial charge >= 0.3 is 12.1 Å². The minimum Gasteiger partial charge on any atom is -0.449 e. The van der Waals surface area contributed by atoms with Gasteiger partial charge in [0.15, 0.2) is 0 Å². The fourth-order valence-corrected chi connectivity index (χ4v) is 4.33. The second-order valence-electron chi connectivity index (χ2n) is 8.38. The van der Waals surface area contributed by atoms with Gasteiger partial charge in [0.05, 0.1) is 27.8 Å². The van der Waals surface area contributed by atoms with Crippen molar-refractivity contribution in [3.8, 4) is 11.1 Å². The first-order chi connectivity index (χ1) is 14.9. The molecule has 6 rings (SSSR count). The quantitative estimate of drug-likeness (QED) is 0.785. The lowest BCUT2D eigenvalue weighted by molar-refractivity contribution is -0.474. The van der Waals surface area contributed by atoms with E-state index in [1.807, 2.05) is 43.3 Å². The number of fused-ring (bicyclic) bond motifs is 6. The van der Waals surface area contributed by atoms with E-state index in [0.717, 1.165) is 22.3 Å². The van der Waals surface area contributed by atoms with Crippen molar-refractivity contribution in [2.24, 2.45) is 5.41 Å². The smallest absolute Gasteiger partial charge is 0.407 e. The molecule has 3 fully saturated rings. The number of carbonyl (C=O) groups excluding carboxylic acids is 1. The molecule has 2 bridgehead atoms. The molecule has 1 aliphatic carbocycles. The molecule has 0 radical (unpaired) electrons. The number of hydrogen-bond acceptors (Lipinski definition) is 6. The maximum Gasteiger partial charge on any atom is 0.407 e. The van der Waals surface area contributed by atoms with Gasteiger partial charge in [-0.3, -0.25) is 0 Å². The Kier molecular flexibility index (Phi) is 4.49. The molecule has 0 saturated carbocycles. The summed E-state index contributed by atoms with van der Waals surface area (Å²) in [6, 6.07) is 14.9. The molecule has 2 aromatic rings. The van der Waals surface area contributed by atoms with Crippen molar-refractivity contribution in [2.45, 2.75) is 24.9 Å². The second-order valence-corrected chi connectivity index (χ2v) is 8.38. The molecular weight excluding hydrogens is 386 g/mol. The van der Waals surface area contributed by atoms with E-state index >= 15 is 0 Å². The molecule has 3 saturated heterocycles. The number of aliphatic hydroxyl groups excluding tert-OH is 1. The minimum absolute atomic E-state index is 0.0930. The zero-order valence-corrected chi connectivity index (χ0v) is 16.7. The maximum atomic E-state index is 12.6. The zero-order valence-electron chi connectivity index (χ0n) is 17.7. The van der Waals surface area contributed by atoms with Crippen molar-refractivity contribution in [1.29, 1.82) is 0 Å². The van der Waals surface area contributed by atoms with Crippen LogP contribution < -0.4 is 5.32 Å². The largest absolute Gasteiger partial charge is 0.449 e. The number of rotatable bonds is 5. The fourth-order valence-electron chi connectivity index (χ4n) is 4.33. The lowest BCUT2D eigenvalue weighted by Gasteiger charge is -2.52. The summed E-state index contributed by atoms with van der Waals surface area (Å²) in [7, 11) is 0. The van der Waals surface area contributed by atoms with Crippen LogP contribution in [0.5, 0.6) is 0 Å². The molecule has 1 amide bonds. The Morgan fingerprint density at radius 3 is 2.20 bits per heavy atom. The summed E-state index contributed by atoms with van der Waals surface area (Å²) < 4.78 is 30.3. The van der Waals surface area contributed by atoms with Gasteiger partial charge < -0.3 is 29.4 Å². The molecule has 2 N–H and O–H groups in total. The van der Waals surface area contributed by atoms with Gasteiger partial charge in [0.1, 0.15) is 12.6 Å². The first kappa shape index (κ1) is 18.3. The summed E-state index contributed by atoms with van der Waals surface area (Å²) in [5.41, 5.74) is 4.19. The second kappa shape index (κ2) is 7.35. The Morgan fingerprint density at radius 2 is 1.67 bits per heavy atom. The van der Waals surface area contributed by atoms with Crippen molar-refractivity contribution in [2.75, 3.05) is 33.0 Å². The summed E-state index contributed by atoms with van der Waals surface area (Å²) in [6.45, 7) is 1.41. The number of amides is 1. The molecular formula is C23H25NO6. The van der Waals surface area contributed by atoms with E-state index in [9.17, 15) is 9.90 Å². The van der Waals surface area contributed by atoms with Crippen molar-refractivity contribution < 1.29 is 30.2 Å². The summed E-state index contributed by atoms with van der Waals surface area (Å²) in [5.74, 6) is -1.78. The molecule has 4 aliphatic rings. The van der Waals surface area contributed by atoms with Crippen molar-refractivity contribution in [1.82, 2.24) is 5.32 Å². The van der Waals surface area contributed by atoms with E-state index in [1.165, 1.54) is 0 Å². The molecule has 3 aliphatic heterocycles. The molecule has 2 atom stereocenters. The Bertz CT molecular complexity index is 926. The van der Waals surface area contributed by atoms with Crippen LogP contribution in [0.2, 0.25) is 0 Å². The predicted octanol–water partition coefficient (Wildman–Crippen LogP) is 2.62. The van der Waals surface area contributed by atoms with Gasteiger partial charge in [-0.25, -0.2) is 4.79 Å². The Balaban J connectivity index is 1.29. The van der Waals surface area contributed by atoms with Crippen LogP contribution in [-0.2, 0) is 18.9 Å². The lowest BCUT2D eigenvalue weighted by atomic mass is 9.91. The SMILES string of the molecule is [2H]C(O)[C@H](NC(=O)OCC1c2ccccc2-c2ccccc21)C12OCC(C)(CO1)CO2. The van der Waals surface area contributed by atoms with Crippen molar-refractivity contribution in [3.05, 3.63) is 59.7 Å². The summed E-state index contributed by atoms with van der Waals surface area (Å²) >= 11 is 0. The Morgan fingerprint density at radius 1 is 1.13 bits per heavy atom. The van der Waals surface area contributed by atoms with Crippen LogP contribution in [0.4, 0.5) is 4.79 Å². The van der Waals surface area contributed by atoms with Crippen LogP contribution in [0.3, 0.4) is 0 Å². The molecule has 3 heterocycles. The van der Waals surface area contributed by atoms with E-state index in [0.29, 0.717) is 19.8 Å². The van der Waals surface area contributed by atoms with Crippen LogP contribution in [0.25, 0.3) is 11.1 Å².